The maximum absolute atomic E-state index is 5.13. The van der Waals surface area contributed by atoms with E-state index >= 15 is 0 Å². The fourth-order valence-electron chi connectivity index (χ4n) is 8.31. The molecular formula is C60H47N3Si. The second-order valence-corrected chi connectivity index (χ2v) is 22.4. The predicted molar refractivity (Wildman–Crippen MR) is 272 cm³/mol. The number of nitrogens with zero attached hydrogens (tertiary/aromatic N) is 3. The molecule has 9 aromatic carbocycles. The lowest BCUT2D eigenvalue weighted by Gasteiger charge is -2.16. The molecule has 0 fully saturated rings. The Morgan fingerprint density at radius 3 is 0.812 bits per heavy atom. The van der Waals surface area contributed by atoms with E-state index in [0.717, 1.165) is 44.5 Å². The molecule has 0 amide bonds. The van der Waals surface area contributed by atoms with E-state index < -0.39 is 8.07 Å². The largest absolute Gasteiger partial charge is 0.208 e. The molecule has 0 atom stereocenters. The van der Waals surface area contributed by atoms with Crippen molar-refractivity contribution in [2.24, 2.45) is 0 Å². The Morgan fingerprint density at radius 2 is 0.453 bits per heavy atom. The quantitative estimate of drug-likeness (QED) is 0.129. The Kier molecular flexibility index (Phi) is 11.0. The lowest BCUT2D eigenvalue weighted by atomic mass is 9.94. The van der Waals surface area contributed by atoms with E-state index in [4.69, 9.17) is 15.0 Å². The van der Waals surface area contributed by atoms with Crippen molar-refractivity contribution in [2.45, 2.75) is 19.6 Å². The Labute approximate surface area is 377 Å². The van der Waals surface area contributed by atoms with Gasteiger partial charge < -0.3 is 0 Å². The van der Waals surface area contributed by atoms with Gasteiger partial charge in [-0.05, 0) is 97.1 Å². The van der Waals surface area contributed by atoms with Crippen LogP contribution >= 0.6 is 0 Å². The van der Waals surface area contributed by atoms with Crippen molar-refractivity contribution in [3.8, 4) is 101 Å². The summed E-state index contributed by atoms with van der Waals surface area (Å²) in [6.07, 6.45) is 0. The first-order valence-corrected chi connectivity index (χ1v) is 25.4. The Hall–Kier alpha value is -7.79. The highest BCUT2D eigenvalue weighted by atomic mass is 28.3. The van der Waals surface area contributed by atoms with E-state index in [2.05, 4.69) is 244 Å². The molecule has 0 aliphatic carbocycles. The Bertz CT molecular complexity index is 3230. The van der Waals surface area contributed by atoms with E-state index in [1.165, 1.54) is 44.1 Å². The van der Waals surface area contributed by atoms with Crippen molar-refractivity contribution in [1.29, 1.82) is 0 Å². The van der Waals surface area contributed by atoms with Crippen LogP contribution in [0.25, 0.3) is 101 Å². The lowest BCUT2D eigenvalue weighted by molar-refractivity contribution is 1.07. The number of rotatable bonds is 10. The van der Waals surface area contributed by atoms with Crippen LogP contribution in [0.4, 0.5) is 0 Å². The molecule has 0 aliphatic rings. The molecule has 0 radical (unpaired) electrons. The summed E-state index contributed by atoms with van der Waals surface area (Å²) in [5.41, 5.74) is 16.9. The molecule has 0 saturated carbocycles. The summed E-state index contributed by atoms with van der Waals surface area (Å²) in [4.78, 5) is 15.3. The van der Waals surface area contributed by atoms with Gasteiger partial charge in [-0.25, -0.2) is 15.0 Å². The van der Waals surface area contributed by atoms with Gasteiger partial charge in [0.1, 0.15) is 0 Å². The summed E-state index contributed by atoms with van der Waals surface area (Å²) in [7, 11) is -1.48. The molecule has 1 heterocycles. The van der Waals surface area contributed by atoms with Gasteiger partial charge in [0, 0.05) is 16.7 Å². The van der Waals surface area contributed by atoms with Crippen LogP contribution in [0.15, 0.2) is 231 Å². The van der Waals surface area contributed by atoms with Gasteiger partial charge in [0.25, 0.3) is 0 Å². The van der Waals surface area contributed by atoms with Crippen LogP contribution < -0.4 is 5.19 Å². The zero-order valence-corrected chi connectivity index (χ0v) is 37.3. The van der Waals surface area contributed by atoms with Gasteiger partial charge in [-0.1, -0.05) is 225 Å². The van der Waals surface area contributed by atoms with Gasteiger partial charge >= 0.3 is 0 Å². The van der Waals surface area contributed by atoms with Crippen molar-refractivity contribution in [3.05, 3.63) is 231 Å². The summed E-state index contributed by atoms with van der Waals surface area (Å²) in [5.74, 6) is 1.95. The minimum absolute atomic E-state index is 0.640. The van der Waals surface area contributed by atoms with Gasteiger partial charge in [0.15, 0.2) is 17.5 Å². The minimum atomic E-state index is -1.48. The minimum Gasteiger partial charge on any atom is -0.208 e. The molecule has 0 spiro atoms. The van der Waals surface area contributed by atoms with Crippen molar-refractivity contribution >= 4 is 13.3 Å². The third-order valence-corrected chi connectivity index (χ3v) is 14.0. The molecule has 0 saturated heterocycles. The van der Waals surface area contributed by atoms with Crippen LogP contribution in [0.5, 0.6) is 0 Å². The molecule has 10 rings (SSSR count). The number of hydrogen-bond acceptors (Lipinski definition) is 3. The molecule has 3 nitrogen and oxygen atoms in total. The van der Waals surface area contributed by atoms with Gasteiger partial charge in [-0.2, -0.15) is 0 Å². The number of benzene rings is 9. The Morgan fingerprint density at radius 1 is 0.219 bits per heavy atom. The van der Waals surface area contributed by atoms with Crippen molar-refractivity contribution in [3.63, 3.8) is 0 Å². The first-order chi connectivity index (χ1) is 31.3. The standard InChI is InChI=1S/C60H47N3Si/c1-64(2,3)57-35-33-46(34-36-57)59-61-58(45-31-29-44(30-32-45)42-15-6-4-7-16-42)62-60(63-59)56-28-14-27-55(41-56)54-26-13-25-53(40-54)52-24-12-23-51(39-52)50-22-11-21-49(38-50)48-20-10-19-47(37-48)43-17-8-5-9-18-43/h4-41H,1-3H3. The fraction of sp³-hybridized carbons (Fsp3) is 0.0500. The molecular weight excluding hydrogens is 791 g/mol. The van der Waals surface area contributed by atoms with E-state index in [-0.39, 0.29) is 0 Å². The molecule has 0 bridgehead atoms. The zero-order chi connectivity index (χ0) is 43.5. The Balaban J connectivity index is 0.967. The maximum atomic E-state index is 5.13. The first kappa shape index (κ1) is 40.3. The predicted octanol–water partition coefficient (Wildman–Crippen LogP) is 15.4. The van der Waals surface area contributed by atoms with Crippen molar-refractivity contribution in [2.75, 3.05) is 0 Å². The van der Waals surface area contributed by atoms with E-state index in [9.17, 15) is 0 Å². The van der Waals surface area contributed by atoms with Crippen molar-refractivity contribution in [1.82, 2.24) is 15.0 Å². The highest BCUT2D eigenvalue weighted by Crippen LogP contribution is 2.34. The summed E-state index contributed by atoms with van der Waals surface area (Å²) >= 11 is 0. The molecule has 10 aromatic rings. The first-order valence-electron chi connectivity index (χ1n) is 21.9. The number of hydrogen-bond donors (Lipinski definition) is 0. The molecule has 0 N–H and O–H groups in total. The van der Waals surface area contributed by atoms with Crippen LogP contribution in [0.2, 0.25) is 19.6 Å². The summed E-state index contributed by atoms with van der Waals surface area (Å²) in [5, 5.41) is 1.40. The third kappa shape index (κ3) is 8.78. The monoisotopic (exact) mass is 837 g/mol. The lowest BCUT2D eigenvalue weighted by Crippen LogP contribution is -2.37. The molecule has 1 aromatic heterocycles. The van der Waals surface area contributed by atoms with Crippen molar-refractivity contribution < 1.29 is 0 Å². The summed E-state index contributed by atoms with van der Waals surface area (Å²) in [6, 6.07) is 82.2. The summed E-state index contributed by atoms with van der Waals surface area (Å²) < 4.78 is 0. The topological polar surface area (TPSA) is 38.7 Å². The SMILES string of the molecule is C[Si](C)(C)c1ccc(-c2nc(-c3ccc(-c4ccccc4)cc3)nc(-c3cccc(-c4cccc(-c5cccc(-c6cccc(-c7cccc(-c8ccccc8)c7)c6)c5)c4)c3)n2)cc1. The molecule has 306 valence electrons. The van der Waals surface area contributed by atoms with Crippen LogP contribution in [0, 0.1) is 0 Å². The highest BCUT2D eigenvalue weighted by molar-refractivity contribution is 6.88. The average Bonchev–Trinajstić information content (AvgIpc) is 3.37. The third-order valence-electron chi connectivity index (χ3n) is 11.9. The van der Waals surface area contributed by atoms with Gasteiger partial charge in [0.2, 0.25) is 0 Å². The van der Waals surface area contributed by atoms with Crippen LogP contribution in [0.1, 0.15) is 0 Å². The van der Waals surface area contributed by atoms with Crippen LogP contribution in [-0.2, 0) is 0 Å². The van der Waals surface area contributed by atoms with Crippen LogP contribution in [0.3, 0.4) is 0 Å². The maximum Gasteiger partial charge on any atom is 0.164 e. The molecule has 0 unspecified atom stereocenters. The van der Waals surface area contributed by atoms with Crippen LogP contribution in [-0.4, -0.2) is 23.0 Å². The van der Waals surface area contributed by atoms with Gasteiger partial charge in [0.05, 0.1) is 8.07 Å². The second-order valence-electron chi connectivity index (χ2n) is 17.3. The zero-order valence-electron chi connectivity index (χ0n) is 36.3. The van der Waals surface area contributed by atoms with E-state index in [1.54, 1.807) is 0 Å². The van der Waals surface area contributed by atoms with Gasteiger partial charge in [-0.15, -0.1) is 0 Å². The molecule has 4 heteroatoms. The molecule has 64 heavy (non-hydrogen) atoms. The fourth-order valence-corrected chi connectivity index (χ4v) is 9.47. The number of aromatic nitrogens is 3. The highest BCUT2D eigenvalue weighted by Gasteiger charge is 2.18. The normalized spacial score (nSPS) is 11.4. The smallest absolute Gasteiger partial charge is 0.164 e. The average molecular weight is 838 g/mol. The van der Waals surface area contributed by atoms with E-state index in [1.807, 2.05) is 6.07 Å². The second kappa shape index (κ2) is 17.5. The molecule has 0 aliphatic heterocycles. The van der Waals surface area contributed by atoms with Gasteiger partial charge in [-0.3, -0.25) is 0 Å². The van der Waals surface area contributed by atoms with E-state index in [0.29, 0.717) is 17.5 Å². The summed E-state index contributed by atoms with van der Waals surface area (Å²) in [6.45, 7) is 7.11.